The third-order valence-corrected chi connectivity index (χ3v) is 4.01. The van der Waals surface area contributed by atoms with Crippen LogP contribution in [0.15, 0.2) is 29.4 Å². The lowest BCUT2D eigenvalue weighted by molar-refractivity contribution is -0.00744. The minimum atomic E-state index is 0.147. The summed E-state index contributed by atoms with van der Waals surface area (Å²) in [5.74, 6) is 0.758. The Labute approximate surface area is 120 Å². The molecule has 0 amide bonds. The number of ether oxygens (including phenoxy) is 1. The van der Waals surface area contributed by atoms with Crippen LogP contribution in [-0.4, -0.2) is 42.2 Å². The molecule has 3 N–H and O–H groups in total. The van der Waals surface area contributed by atoms with Gasteiger partial charge in [-0.1, -0.05) is 30.3 Å². The second-order valence-electron chi connectivity index (χ2n) is 5.46. The Morgan fingerprint density at radius 3 is 3.05 bits per heavy atom. The summed E-state index contributed by atoms with van der Waals surface area (Å²) in [5.41, 5.74) is 7.54. The number of nitrogens with zero attached hydrogens (tertiary/aromatic N) is 2. The molecule has 0 aromatic heterocycles. The maximum Gasteiger partial charge on any atom is 0.170 e. The van der Waals surface area contributed by atoms with Crippen LogP contribution in [0.1, 0.15) is 24.5 Å². The highest BCUT2D eigenvalue weighted by Crippen LogP contribution is 2.21. The maximum absolute atomic E-state index is 8.73. The molecule has 2 atom stereocenters. The number of likely N-dealkylation sites (tertiary alicyclic amines) is 1. The molecule has 1 aliphatic heterocycles. The average molecular weight is 277 g/mol. The maximum atomic E-state index is 8.73. The van der Waals surface area contributed by atoms with Crippen LogP contribution < -0.4 is 5.73 Å². The summed E-state index contributed by atoms with van der Waals surface area (Å²) < 4.78 is 5.54. The van der Waals surface area contributed by atoms with Gasteiger partial charge in [-0.05, 0) is 30.5 Å². The van der Waals surface area contributed by atoms with Gasteiger partial charge in [0.05, 0.1) is 6.10 Å². The molecule has 0 radical (unpaired) electrons. The van der Waals surface area contributed by atoms with E-state index < -0.39 is 0 Å². The molecule has 1 aromatic carbocycles. The first kappa shape index (κ1) is 14.8. The molecule has 20 heavy (non-hydrogen) atoms. The molecule has 5 nitrogen and oxygen atoms in total. The van der Waals surface area contributed by atoms with E-state index in [0.717, 1.165) is 31.6 Å². The number of methoxy groups -OCH3 is 1. The topological polar surface area (TPSA) is 71.1 Å². The van der Waals surface area contributed by atoms with E-state index in [1.54, 1.807) is 7.11 Å². The standard InChI is InChI=1S/C15H23N3O2/c1-11-6-7-18(10-14(11)20-2)9-12-4-3-5-13(8-12)15(16)17-19/h3-5,8,11,14,19H,6-7,9-10H2,1-2H3,(H2,16,17). The smallest absolute Gasteiger partial charge is 0.170 e. The number of hydrogen-bond acceptors (Lipinski definition) is 4. The summed E-state index contributed by atoms with van der Waals surface area (Å²) in [4.78, 5) is 2.39. The van der Waals surface area contributed by atoms with Crippen molar-refractivity contribution in [2.24, 2.45) is 16.8 Å². The molecule has 1 aliphatic rings. The largest absolute Gasteiger partial charge is 0.409 e. The number of hydrogen-bond donors (Lipinski definition) is 2. The molecular formula is C15H23N3O2. The van der Waals surface area contributed by atoms with Gasteiger partial charge in [-0.15, -0.1) is 0 Å². The highest BCUT2D eigenvalue weighted by Gasteiger charge is 2.25. The monoisotopic (exact) mass is 277 g/mol. The van der Waals surface area contributed by atoms with Crippen LogP contribution in [0, 0.1) is 5.92 Å². The molecular weight excluding hydrogens is 254 g/mol. The first-order valence-corrected chi connectivity index (χ1v) is 6.96. The number of oxime groups is 1. The van der Waals surface area contributed by atoms with Crippen LogP contribution in [0.25, 0.3) is 0 Å². The molecule has 0 aliphatic carbocycles. The third kappa shape index (κ3) is 3.49. The van der Waals surface area contributed by atoms with E-state index in [9.17, 15) is 0 Å². The number of piperidine rings is 1. The van der Waals surface area contributed by atoms with E-state index in [4.69, 9.17) is 15.7 Å². The lowest BCUT2D eigenvalue weighted by atomic mass is 9.95. The number of amidine groups is 1. The first-order valence-electron chi connectivity index (χ1n) is 6.96. The van der Waals surface area contributed by atoms with Crippen LogP contribution in [0.2, 0.25) is 0 Å². The molecule has 1 aromatic rings. The molecule has 1 saturated heterocycles. The van der Waals surface area contributed by atoms with Gasteiger partial charge in [-0.25, -0.2) is 0 Å². The van der Waals surface area contributed by atoms with Gasteiger partial charge in [0, 0.05) is 25.8 Å². The molecule has 1 fully saturated rings. The molecule has 2 rings (SSSR count). The molecule has 1 heterocycles. The molecule has 0 saturated carbocycles. The van der Waals surface area contributed by atoms with Crippen LogP contribution in [0.3, 0.4) is 0 Å². The second kappa shape index (κ2) is 6.72. The van der Waals surface area contributed by atoms with E-state index >= 15 is 0 Å². The van der Waals surface area contributed by atoms with Gasteiger partial charge in [0.15, 0.2) is 5.84 Å². The van der Waals surface area contributed by atoms with E-state index in [1.165, 1.54) is 5.56 Å². The summed E-state index contributed by atoms with van der Waals surface area (Å²) in [5, 5.41) is 11.8. The molecule has 5 heteroatoms. The third-order valence-electron chi connectivity index (χ3n) is 4.01. The van der Waals surface area contributed by atoms with Gasteiger partial charge >= 0.3 is 0 Å². The summed E-state index contributed by atoms with van der Waals surface area (Å²) in [6, 6.07) is 7.81. The van der Waals surface area contributed by atoms with Gasteiger partial charge in [0.25, 0.3) is 0 Å². The minimum Gasteiger partial charge on any atom is -0.409 e. The van der Waals surface area contributed by atoms with Crippen molar-refractivity contribution in [3.05, 3.63) is 35.4 Å². The van der Waals surface area contributed by atoms with Crippen LogP contribution in [0.4, 0.5) is 0 Å². The lowest BCUT2D eigenvalue weighted by Crippen LogP contribution is -2.43. The molecule has 110 valence electrons. The van der Waals surface area contributed by atoms with E-state index in [0.29, 0.717) is 12.0 Å². The molecule has 0 bridgehead atoms. The average Bonchev–Trinajstić information content (AvgIpc) is 2.48. The van der Waals surface area contributed by atoms with Crippen molar-refractivity contribution in [3.8, 4) is 0 Å². The highest BCUT2D eigenvalue weighted by atomic mass is 16.5. The molecule has 0 spiro atoms. The van der Waals surface area contributed by atoms with E-state index in [-0.39, 0.29) is 5.84 Å². The predicted molar refractivity (Wildman–Crippen MR) is 78.8 cm³/mol. The number of benzene rings is 1. The Hall–Kier alpha value is -1.59. The first-order chi connectivity index (χ1) is 9.63. The molecule has 2 unspecified atom stereocenters. The van der Waals surface area contributed by atoms with Crippen molar-refractivity contribution in [2.45, 2.75) is 26.0 Å². The van der Waals surface area contributed by atoms with Gasteiger partial charge in [0.1, 0.15) is 0 Å². The number of nitrogens with two attached hydrogens (primary N) is 1. The zero-order valence-electron chi connectivity index (χ0n) is 12.1. The van der Waals surface area contributed by atoms with Gasteiger partial charge in [-0.2, -0.15) is 0 Å². The van der Waals surface area contributed by atoms with Crippen LogP contribution in [0.5, 0.6) is 0 Å². The summed E-state index contributed by atoms with van der Waals surface area (Å²) >= 11 is 0. The second-order valence-corrected chi connectivity index (χ2v) is 5.46. The van der Waals surface area contributed by atoms with E-state index in [2.05, 4.69) is 23.0 Å². The SMILES string of the molecule is COC1CN(Cc2cccc(/C(N)=N/O)c2)CCC1C. The van der Waals surface area contributed by atoms with Crippen molar-refractivity contribution in [1.29, 1.82) is 0 Å². The quantitative estimate of drug-likeness (QED) is 0.380. The fourth-order valence-corrected chi connectivity index (χ4v) is 2.69. The van der Waals surface area contributed by atoms with Crippen molar-refractivity contribution in [2.75, 3.05) is 20.2 Å². The minimum absolute atomic E-state index is 0.147. The van der Waals surface area contributed by atoms with Gasteiger partial charge in [0.2, 0.25) is 0 Å². The van der Waals surface area contributed by atoms with Crippen LogP contribution in [-0.2, 0) is 11.3 Å². The zero-order valence-corrected chi connectivity index (χ0v) is 12.1. The van der Waals surface area contributed by atoms with Crippen molar-refractivity contribution >= 4 is 5.84 Å². The predicted octanol–water partition coefficient (Wildman–Crippen LogP) is 1.64. The summed E-state index contributed by atoms with van der Waals surface area (Å²) in [6.07, 6.45) is 1.45. The lowest BCUT2D eigenvalue weighted by Gasteiger charge is -2.36. The fourth-order valence-electron chi connectivity index (χ4n) is 2.69. The Morgan fingerprint density at radius 2 is 2.35 bits per heavy atom. The Bertz CT molecular complexity index is 476. The van der Waals surface area contributed by atoms with Crippen molar-refractivity contribution < 1.29 is 9.94 Å². The highest BCUT2D eigenvalue weighted by molar-refractivity contribution is 5.97. The van der Waals surface area contributed by atoms with Gasteiger partial charge in [-0.3, -0.25) is 4.90 Å². The summed E-state index contributed by atoms with van der Waals surface area (Å²) in [6.45, 7) is 5.13. The summed E-state index contributed by atoms with van der Waals surface area (Å²) in [7, 11) is 1.78. The Balaban J connectivity index is 2.03. The van der Waals surface area contributed by atoms with Crippen molar-refractivity contribution in [3.63, 3.8) is 0 Å². The van der Waals surface area contributed by atoms with Crippen molar-refractivity contribution in [1.82, 2.24) is 4.90 Å². The number of rotatable bonds is 4. The fraction of sp³-hybridized carbons (Fsp3) is 0.533. The van der Waals surface area contributed by atoms with Gasteiger partial charge < -0.3 is 15.7 Å². The Kier molecular flexibility index (Phi) is 4.98. The van der Waals surface area contributed by atoms with E-state index in [1.807, 2.05) is 18.2 Å². The van der Waals surface area contributed by atoms with Crippen LogP contribution >= 0.6 is 0 Å². The normalized spacial score (nSPS) is 24.8. The Morgan fingerprint density at radius 1 is 1.55 bits per heavy atom. The zero-order chi connectivity index (χ0) is 14.5.